The first-order valence-electron chi connectivity index (χ1n) is 5.52. The summed E-state index contributed by atoms with van der Waals surface area (Å²) in [6.45, 7) is 4.49. The summed E-state index contributed by atoms with van der Waals surface area (Å²) in [7, 11) is 0. The highest BCUT2D eigenvalue weighted by atomic mass is 19.4. The summed E-state index contributed by atoms with van der Waals surface area (Å²) in [6, 6.07) is 1.65. The number of anilines is 1. The predicted octanol–water partition coefficient (Wildman–Crippen LogP) is 1.99. The minimum absolute atomic E-state index is 0.131. The number of aromatic nitrogens is 2. The Morgan fingerprint density at radius 1 is 1.21 bits per heavy atom. The van der Waals surface area contributed by atoms with Gasteiger partial charge in [0.2, 0.25) is 0 Å². The zero-order chi connectivity index (χ0) is 14.4. The Bertz CT molecular complexity index is 547. The maximum absolute atomic E-state index is 12.7. The molecular formula is C11H11F3N4O. The van der Waals surface area contributed by atoms with Gasteiger partial charge in [0.25, 0.3) is 11.9 Å². The van der Waals surface area contributed by atoms with Crippen LogP contribution in [0.5, 0.6) is 0 Å². The molecule has 2 heterocycles. The van der Waals surface area contributed by atoms with Gasteiger partial charge in [-0.3, -0.25) is 4.79 Å². The van der Waals surface area contributed by atoms with Crippen LogP contribution < -0.4 is 5.01 Å². The number of halogens is 3. The van der Waals surface area contributed by atoms with E-state index in [4.69, 9.17) is 0 Å². The summed E-state index contributed by atoms with van der Waals surface area (Å²) < 4.78 is 38.0. The zero-order valence-corrected chi connectivity index (χ0v) is 10.5. The minimum Gasteiger partial charge on any atom is -0.272 e. The second kappa shape index (κ2) is 4.29. The van der Waals surface area contributed by atoms with E-state index < -0.39 is 23.7 Å². The lowest BCUT2D eigenvalue weighted by Gasteiger charge is -2.11. The van der Waals surface area contributed by atoms with E-state index in [0.717, 1.165) is 6.92 Å². The molecule has 0 bridgehead atoms. The van der Waals surface area contributed by atoms with Crippen molar-refractivity contribution >= 4 is 17.6 Å². The molecule has 8 heteroatoms. The maximum atomic E-state index is 12.7. The van der Waals surface area contributed by atoms with Crippen molar-refractivity contribution in [1.82, 2.24) is 9.97 Å². The number of carbonyl (C=O) groups excluding carboxylic acids is 1. The van der Waals surface area contributed by atoms with E-state index >= 15 is 0 Å². The van der Waals surface area contributed by atoms with Crippen molar-refractivity contribution in [1.29, 1.82) is 0 Å². The smallest absolute Gasteiger partial charge is 0.272 e. The van der Waals surface area contributed by atoms with Crippen LogP contribution in [0.2, 0.25) is 0 Å². The summed E-state index contributed by atoms with van der Waals surface area (Å²) in [4.78, 5) is 19.7. The van der Waals surface area contributed by atoms with Crippen LogP contribution >= 0.6 is 0 Å². The second-order valence-corrected chi connectivity index (χ2v) is 4.31. The van der Waals surface area contributed by atoms with E-state index in [0.29, 0.717) is 16.4 Å². The number of rotatable bonds is 1. The largest absolute Gasteiger partial charge is 0.432 e. The number of amides is 1. The Kier molecular flexibility index (Phi) is 3.03. The predicted molar refractivity (Wildman–Crippen MR) is 61.6 cm³/mol. The first kappa shape index (κ1) is 13.4. The number of alkyl halides is 3. The number of hydrazone groups is 1. The molecule has 0 spiro atoms. The minimum atomic E-state index is -4.64. The number of hydrogen-bond acceptors (Lipinski definition) is 4. The number of hydrogen-bond donors (Lipinski definition) is 0. The van der Waals surface area contributed by atoms with Gasteiger partial charge in [-0.15, -0.1) is 0 Å². The molecule has 0 aromatic carbocycles. The Morgan fingerprint density at radius 2 is 1.74 bits per heavy atom. The molecule has 2 rings (SSSR count). The second-order valence-electron chi connectivity index (χ2n) is 4.31. The van der Waals surface area contributed by atoms with E-state index in [1.54, 1.807) is 19.9 Å². The van der Waals surface area contributed by atoms with Gasteiger partial charge in [0.15, 0.2) is 5.71 Å². The Hall–Kier alpha value is -1.99. The van der Waals surface area contributed by atoms with Crippen molar-refractivity contribution in [3.63, 3.8) is 0 Å². The highest BCUT2D eigenvalue weighted by Gasteiger charge is 2.48. The molecule has 0 aliphatic carbocycles. The Labute approximate surface area is 107 Å². The van der Waals surface area contributed by atoms with Gasteiger partial charge >= 0.3 is 6.18 Å². The lowest BCUT2D eigenvalue weighted by Crippen LogP contribution is -2.31. The van der Waals surface area contributed by atoms with Crippen molar-refractivity contribution in [2.24, 2.45) is 11.0 Å². The lowest BCUT2D eigenvalue weighted by molar-refractivity contribution is -0.120. The van der Waals surface area contributed by atoms with Gasteiger partial charge < -0.3 is 0 Å². The molecule has 1 amide bonds. The van der Waals surface area contributed by atoms with Gasteiger partial charge in [0, 0.05) is 11.4 Å². The summed E-state index contributed by atoms with van der Waals surface area (Å²) in [5.41, 5.74) is -0.0162. The van der Waals surface area contributed by atoms with Crippen LogP contribution in [0.15, 0.2) is 11.2 Å². The van der Waals surface area contributed by atoms with E-state index in [-0.39, 0.29) is 5.95 Å². The third-order valence-electron chi connectivity index (χ3n) is 2.65. The van der Waals surface area contributed by atoms with E-state index in [1.807, 2.05) is 0 Å². The van der Waals surface area contributed by atoms with Gasteiger partial charge in [0.1, 0.15) is 0 Å². The molecule has 1 aromatic rings. The van der Waals surface area contributed by atoms with Crippen molar-refractivity contribution < 1.29 is 18.0 Å². The molecule has 1 atom stereocenters. The maximum Gasteiger partial charge on any atom is 0.432 e. The molecule has 1 aliphatic heterocycles. The highest BCUT2D eigenvalue weighted by molar-refractivity contribution is 6.16. The quantitative estimate of drug-likeness (QED) is 0.785. The third kappa shape index (κ3) is 2.42. The molecular weight excluding hydrogens is 261 g/mol. The average molecular weight is 272 g/mol. The fourth-order valence-corrected chi connectivity index (χ4v) is 1.79. The number of nitrogens with zero attached hydrogens (tertiary/aromatic N) is 4. The standard InChI is InChI=1S/C11H11F3N4O/c1-5-4-6(2)16-10(15-5)18-9(19)7(3)8(17-18)11(12,13)14/h4,7H,1-3H3. The molecule has 0 N–H and O–H groups in total. The molecule has 1 aliphatic rings. The monoisotopic (exact) mass is 272 g/mol. The summed E-state index contributed by atoms with van der Waals surface area (Å²) >= 11 is 0. The normalized spacial score (nSPS) is 19.9. The molecule has 5 nitrogen and oxygen atoms in total. The van der Waals surface area contributed by atoms with E-state index in [2.05, 4.69) is 15.1 Å². The summed E-state index contributed by atoms with van der Waals surface area (Å²) in [5, 5.41) is 3.94. The van der Waals surface area contributed by atoms with Crippen LogP contribution in [-0.4, -0.2) is 27.8 Å². The first-order valence-corrected chi connectivity index (χ1v) is 5.52. The van der Waals surface area contributed by atoms with Crippen molar-refractivity contribution in [2.75, 3.05) is 5.01 Å². The number of aryl methyl sites for hydroxylation is 2. The first-order chi connectivity index (χ1) is 8.70. The van der Waals surface area contributed by atoms with Gasteiger partial charge in [-0.25, -0.2) is 9.97 Å². The fourth-order valence-electron chi connectivity index (χ4n) is 1.79. The van der Waals surface area contributed by atoms with Crippen molar-refractivity contribution in [2.45, 2.75) is 26.9 Å². The average Bonchev–Trinajstić information content (AvgIpc) is 2.54. The van der Waals surface area contributed by atoms with Gasteiger partial charge in [-0.2, -0.15) is 23.3 Å². The molecule has 102 valence electrons. The molecule has 1 unspecified atom stereocenters. The van der Waals surface area contributed by atoms with Crippen molar-refractivity contribution in [3.8, 4) is 0 Å². The third-order valence-corrected chi connectivity index (χ3v) is 2.65. The van der Waals surface area contributed by atoms with Crippen LogP contribution in [-0.2, 0) is 4.79 Å². The number of carbonyl (C=O) groups is 1. The Balaban J connectivity index is 2.46. The van der Waals surface area contributed by atoms with Crippen LogP contribution in [0, 0.1) is 19.8 Å². The van der Waals surface area contributed by atoms with Crippen LogP contribution in [0.1, 0.15) is 18.3 Å². The highest BCUT2D eigenvalue weighted by Crippen LogP contribution is 2.30. The summed E-state index contributed by atoms with van der Waals surface area (Å²) in [6.07, 6.45) is -4.64. The molecule has 0 saturated heterocycles. The lowest BCUT2D eigenvalue weighted by atomic mass is 10.1. The van der Waals surface area contributed by atoms with Crippen LogP contribution in [0.3, 0.4) is 0 Å². The van der Waals surface area contributed by atoms with Crippen LogP contribution in [0.25, 0.3) is 0 Å². The van der Waals surface area contributed by atoms with Crippen molar-refractivity contribution in [3.05, 3.63) is 17.5 Å². The van der Waals surface area contributed by atoms with E-state index in [1.165, 1.54) is 0 Å². The molecule has 1 aromatic heterocycles. The zero-order valence-electron chi connectivity index (χ0n) is 10.5. The Morgan fingerprint density at radius 3 is 2.16 bits per heavy atom. The molecule has 0 fully saturated rings. The van der Waals surface area contributed by atoms with E-state index in [9.17, 15) is 18.0 Å². The van der Waals surface area contributed by atoms with Crippen LogP contribution in [0.4, 0.5) is 19.1 Å². The summed E-state index contributed by atoms with van der Waals surface area (Å²) in [5.74, 6) is -2.25. The molecule has 19 heavy (non-hydrogen) atoms. The van der Waals surface area contributed by atoms with Gasteiger partial charge in [0.05, 0.1) is 5.92 Å². The van der Waals surface area contributed by atoms with Gasteiger partial charge in [-0.05, 0) is 26.8 Å². The fraction of sp³-hybridized carbons (Fsp3) is 0.455. The molecule has 0 saturated carbocycles. The molecule has 0 radical (unpaired) electrons. The van der Waals surface area contributed by atoms with Gasteiger partial charge in [-0.1, -0.05) is 0 Å². The SMILES string of the molecule is Cc1cc(C)nc(N2N=C(C(F)(F)F)C(C)C2=O)n1. The topological polar surface area (TPSA) is 58.5 Å².